The molecule has 2 atom stereocenters. The van der Waals surface area contributed by atoms with Crippen molar-refractivity contribution in [3.05, 3.63) is 30.1 Å². The van der Waals surface area contributed by atoms with Gasteiger partial charge in [0.15, 0.2) is 5.96 Å². The summed E-state index contributed by atoms with van der Waals surface area (Å²) in [6.45, 7) is 5.73. The molecular weight excluding hydrogens is 391 g/mol. The van der Waals surface area contributed by atoms with E-state index >= 15 is 0 Å². The van der Waals surface area contributed by atoms with Gasteiger partial charge in [-0.25, -0.2) is 4.39 Å². The quantitative estimate of drug-likeness (QED) is 0.413. The van der Waals surface area contributed by atoms with Crippen molar-refractivity contribution in [2.24, 2.45) is 4.99 Å². The van der Waals surface area contributed by atoms with Gasteiger partial charge in [0.05, 0.1) is 5.69 Å². The molecule has 6 nitrogen and oxygen atoms in total. The van der Waals surface area contributed by atoms with E-state index in [9.17, 15) is 4.39 Å². The Bertz CT molecular complexity index is 719. The van der Waals surface area contributed by atoms with Gasteiger partial charge in [0, 0.05) is 57.9 Å². The average Bonchev–Trinajstić information content (AvgIpc) is 2.77. The minimum atomic E-state index is -0.118. The summed E-state index contributed by atoms with van der Waals surface area (Å²) in [5, 5.41) is 7.19. The second-order valence-electron chi connectivity index (χ2n) is 9.35. The number of nitrogens with one attached hydrogen (secondary N) is 2. The fourth-order valence-corrected chi connectivity index (χ4v) is 5.55. The van der Waals surface area contributed by atoms with Gasteiger partial charge in [-0.2, -0.15) is 0 Å². The highest BCUT2D eigenvalue weighted by atomic mass is 19.1. The van der Waals surface area contributed by atoms with Crippen molar-refractivity contribution < 1.29 is 4.39 Å². The number of hydrogen-bond donors (Lipinski definition) is 2. The predicted molar refractivity (Wildman–Crippen MR) is 126 cm³/mol. The van der Waals surface area contributed by atoms with Crippen LogP contribution in [0.15, 0.2) is 29.3 Å². The third-order valence-electron chi connectivity index (χ3n) is 7.41. The molecule has 31 heavy (non-hydrogen) atoms. The second-order valence-corrected chi connectivity index (χ2v) is 9.35. The SMILES string of the molecule is CN=C(NCCCN1CCN(c2ccccc2F)CC1)NC1CC2CCCC(C1)N2C. The van der Waals surface area contributed by atoms with Gasteiger partial charge in [-0.15, -0.1) is 0 Å². The predicted octanol–water partition coefficient (Wildman–Crippen LogP) is 2.52. The molecule has 172 valence electrons. The Hall–Kier alpha value is -1.86. The van der Waals surface area contributed by atoms with E-state index in [-0.39, 0.29) is 5.82 Å². The van der Waals surface area contributed by atoms with E-state index in [0.29, 0.717) is 6.04 Å². The number of halogens is 1. The van der Waals surface area contributed by atoms with Gasteiger partial charge in [0.1, 0.15) is 5.82 Å². The lowest BCUT2D eigenvalue weighted by Gasteiger charge is -2.47. The molecule has 4 rings (SSSR count). The van der Waals surface area contributed by atoms with E-state index < -0.39 is 0 Å². The van der Waals surface area contributed by atoms with Crippen molar-refractivity contribution in [1.29, 1.82) is 0 Å². The molecule has 3 aliphatic rings. The monoisotopic (exact) mass is 430 g/mol. The van der Waals surface area contributed by atoms with Crippen LogP contribution in [0.3, 0.4) is 0 Å². The molecule has 3 fully saturated rings. The Morgan fingerprint density at radius 1 is 1.10 bits per heavy atom. The summed E-state index contributed by atoms with van der Waals surface area (Å²) in [5.74, 6) is 0.823. The first kappa shape index (κ1) is 22.3. The van der Waals surface area contributed by atoms with Crippen LogP contribution in [0.25, 0.3) is 0 Å². The molecule has 2 bridgehead atoms. The van der Waals surface area contributed by atoms with Gasteiger partial charge in [-0.1, -0.05) is 18.6 Å². The number of fused-ring (bicyclic) bond motifs is 2. The molecular formula is C24H39FN6. The second kappa shape index (κ2) is 10.6. The summed E-state index contributed by atoms with van der Waals surface area (Å²) in [5.41, 5.74) is 0.733. The molecule has 0 radical (unpaired) electrons. The standard InChI is InChI=1S/C24H39FN6/c1-26-24(28-19-17-20-7-5-8-21(18-19)29(20)2)27-11-6-12-30-13-15-31(16-14-30)23-10-4-3-9-22(23)25/h3-4,9-10,19-21H,5-8,11-18H2,1-2H3,(H2,26,27,28). The number of para-hydroxylation sites is 1. The van der Waals surface area contributed by atoms with Crippen LogP contribution >= 0.6 is 0 Å². The fourth-order valence-electron chi connectivity index (χ4n) is 5.55. The van der Waals surface area contributed by atoms with E-state index in [2.05, 4.69) is 37.4 Å². The van der Waals surface area contributed by atoms with E-state index in [0.717, 1.165) is 69.4 Å². The maximum atomic E-state index is 14.0. The molecule has 0 aliphatic carbocycles. The van der Waals surface area contributed by atoms with E-state index in [1.807, 2.05) is 19.2 Å². The highest BCUT2D eigenvalue weighted by Crippen LogP contribution is 2.32. The van der Waals surface area contributed by atoms with Gasteiger partial charge >= 0.3 is 0 Å². The number of aliphatic imine (C=N–C) groups is 1. The zero-order valence-electron chi connectivity index (χ0n) is 19.2. The van der Waals surface area contributed by atoms with Crippen molar-refractivity contribution in [2.75, 3.05) is 58.3 Å². The molecule has 1 aromatic carbocycles. The molecule has 0 aromatic heterocycles. The van der Waals surface area contributed by atoms with Gasteiger partial charge in [-0.3, -0.25) is 9.89 Å². The first-order valence-corrected chi connectivity index (χ1v) is 12.0. The summed E-state index contributed by atoms with van der Waals surface area (Å²) in [6.07, 6.45) is 7.58. The minimum Gasteiger partial charge on any atom is -0.367 e. The highest BCUT2D eigenvalue weighted by Gasteiger charge is 2.36. The van der Waals surface area contributed by atoms with Gasteiger partial charge in [0.25, 0.3) is 0 Å². The smallest absolute Gasteiger partial charge is 0.191 e. The van der Waals surface area contributed by atoms with Gasteiger partial charge < -0.3 is 20.4 Å². The van der Waals surface area contributed by atoms with Crippen LogP contribution in [-0.2, 0) is 0 Å². The van der Waals surface area contributed by atoms with Crippen LogP contribution in [0, 0.1) is 5.82 Å². The Morgan fingerprint density at radius 3 is 2.48 bits per heavy atom. The summed E-state index contributed by atoms with van der Waals surface area (Å²) >= 11 is 0. The van der Waals surface area contributed by atoms with Crippen LogP contribution in [0.2, 0.25) is 0 Å². The first-order chi connectivity index (χ1) is 15.1. The summed E-state index contributed by atoms with van der Waals surface area (Å²) < 4.78 is 14.0. The van der Waals surface area contributed by atoms with Crippen LogP contribution in [-0.4, -0.2) is 87.2 Å². The number of nitrogens with zero attached hydrogens (tertiary/aromatic N) is 4. The lowest BCUT2D eigenvalue weighted by atomic mass is 9.82. The van der Waals surface area contributed by atoms with Crippen LogP contribution in [0.4, 0.5) is 10.1 Å². The normalized spacial score (nSPS) is 27.9. The zero-order valence-corrected chi connectivity index (χ0v) is 19.2. The Balaban J connectivity index is 1.13. The number of anilines is 1. The number of benzene rings is 1. The molecule has 3 heterocycles. The van der Waals surface area contributed by atoms with E-state index in [1.54, 1.807) is 12.1 Å². The molecule has 3 aliphatic heterocycles. The lowest BCUT2D eigenvalue weighted by Crippen LogP contribution is -2.56. The third kappa shape index (κ3) is 5.69. The number of piperazine rings is 1. The van der Waals surface area contributed by atoms with Crippen molar-refractivity contribution in [3.63, 3.8) is 0 Å². The van der Waals surface area contributed by atoms with Gasteiger partial charge in [-0.05, 0) is 57.8 Å². The van der Waals surface area contributed by atoms with E-state index in [1.165, 1.54) is 32.1 Å². The van der Waals surface area contributed by atoms with Crippen molar-refractivity contribution in [1.82, 2.24) is 20.4 Å². The highest BCUT2D eigenvalue weighted by molar-refractivity contribution is 5.79. The molecule has 2 unspecified atom stereocenters. The molecule has 1 aromatic rings. The van der Waals surface area contributed by atoms with E-state index in [4.69, 9.17) is 0 Å². The molecule has 0 amide bonds. The number of hydrogen-bond acceptors (Lipinski definition) is 4. The summed E-state index contributed by atoms with van der Waals surface area (Å²) in [4.78, 5) is 11.7. The Labute approximate surface area is 186 Å². The van der Waals surface area contributed by atoms with Crippen molar-refractivity contribution in [2.45, 2.75) is 56.7 Å². The Kier molecular flexibility index (Phi) is 7.67. The molecule has 7 heteroatoms. The maximum absolute atomic E-state index is 14.0. The number of guanidine groups is 1. The summed E-state index contributed by atoms with van der Waals surface area (Å²) in [7, 11) is 4.17. The maximum Gasteiger partial charge on any atom is 0.191 e. The lowest BCUT2D eigenvalue weighted by molar-refractivity contribution is 0.0526. The molecule has 0 saturated carbocycles. The minimum absolute atomic E-state index is 0.118. The average molecular weight is 431 g/mol. The first-order valence-electron chi connectivity index (χ1n) is 12.0. The molecule has 2 N–H and O–H groups in total. The van der Waals surface area contributed by atoms with Gasteiger partial charge in [0.2, 0.25) is 0 Å². The van der Waals surface area contributed by atoms with Crippen molar-refractivity contribution in [3.8, 4) is 0 Å². The zero-order chi connectivity index (χ0) is 21.6. The van der Waals surface area contributed by atoms with Crippen LogP contribution < -0.4 is 15.5 Å². The summed E-state index contributed by atoms with van der Waals surface area (Å²) in [6, 6.07) is 9.08. The third-order valence-corrected chi connectivity index (χ3v) is 7.41. The number of rotatable bonds is 6. The topological polar surface area (TPSA) is 46.1 Å². The number of piperidine rings is 2. The van der Waals surface area contributed by atoms with Crippen LogP contribution in [0.5, 0.6) is 0 Å². The Morgan fingerprint density at radius 2 is 1.81 bits per heavy atom. The largest absolute Gasteiger partial charge is 0.367 e. The molecule has 3 saturated heterocycles. The van der Waals surface area contributed by atoms with Crippen molar-refractivity contribution >= 4 is 11.6 Å². The molecule has 0 spiro atoms. The fraction of sp³-hybridized carbons (Fsp3) is 0.708. The van der Waals surface area contributed by atoms with Crippen LogP contribution in [0.1, 0.15) is 38.5 Å².